The molecule has 2 amide bonds. The zero-order valence-electron chi connectivity index (χ0n) is 22.9. The lowest BCUT2D eigenvalue weighted by Gasteiger charge is -2.37. The van der Waals surface area contributed by atoms with Gasteiger partial charge >= 0.3 is 6.09 Å². The van der Waals surface area contributed by atoms with Gasteiger partial charge in [0.25, 0.3) is 5.91 Å². The number of fused-ring (bicyclic) bond motifs is 2. The maximum absolute atomic E-state index is 13.3. The van der Waals surface area contributed by atoms with E-state index in [1.165, 1.54) is 11.1 Å². The Labute approximate surface area is 225 Å². The lowest BCUT2D eigenvalue weighted by molar-refractivity contribution is 0.0240. The standard InChI is InChI=1S/C30H40N4O4/c1-30(2,3)38-29(37)33-16-14-32(15-17-33)25-8-9-27-23(18-25)11-13-34(28(27)36)21-26(35)20-31-12-10-22-6-4-5-7-24(22)19-31/h4-9,18,26,35H,10-17,19-21H2,1-3H3. The van der Waals surface area contributed by atoms with Crippen LogP contribution in [0.4, 0.5) is 10.5 Å². The number of hydrogen-bond acceptors (Lipinski definition) is 6. The molecule has 8 nitrogen and oxygen atoms in total. The Bertz CT molecular complexity index is 1170. The Morgan fingerprint density at radius 2 is 1.63 bits per heavy atom. The highest BCUT2D eigenvalue weighted by molar-refractivity contribution is 5.97. The first-order valence-electron chi connectivity index (χ1n) is 13.8. The van der Waals surface area contributed by atoms with Gasteiger partial charge in [0, 0.05) is 70.2 Å². The quantitative estimate of drug-likeness (QED) is 0.653. The van der Waals surface area contributed by atoms with Crippen molar-refractivity contribution in [3.05, 3.63) is 64.7 Å². The number of benzene rings is 2. The smallest absolute Gasteiger partial charge is 0.410 e. The molecule has 1 fully saturated rings. The number of anilines is 1. The summed E-state index contributed by atoms with van der Waals surface area (Å²) in [7, 11) is 0. The van der Waals surface area contributed by atoms with Crippen LogP contribution in [0.3, 0.4) is 0 Å². The fourth-order valence-corrected chi connectivity index (χ4v) is 5.69. The van der Waals surface area contributed by atoms with Crippen molar-refractivity contribution in [3.8, 4) is 0 Å². The fraction of sp³-hybridized carbons (Fsp3) is 0.533. The van der Waals surface area contributed by atoms with Gasteiger partial charge in [-0.3, -0.25) is 9.69 Å². The van der Waals surface area contributed by atoms with E-state index in [-0.39, 0.29) is 12.0 Å². The van der Waals surface area contributed by atoms with Gasteiger partial charge in [-0.05, 0) is 68.5 Å². The Morgan fingerprint density at radius 1 is 0.921 bits per heavy atom. The van der Waals surface area contributed by atoms with Gasteiger partial charge in [0.2, 0.25) is 0 Å². The summed E-state index contributed by atoms with van der Waals surface area (Å²) in [4.78, 5) is 33.7. The summed E-state index contributed by atoms with van der Waals surface area (Å²) in [6.07, 6.45) is 0.931. The summed E-state index contributed by atoms with van der Waals surface area (Å²) in [5.41, 5.74) is 5.09. The maximum Gasteiger partial charge on any atom is 0.410 e. The van der Waals surface area contributed by atoms with Crippen LogP contribution in [-0.4, -0.2) is 95.9 Å². The highest BCUT2D eigenvalue weighted by Crippen LogP contribution is 2.26. The molecule has 2 aromatic rings. The molecule has 5 rings (SSSR count). The summed E-state index contributed by atoms with van der Waals surface area (Å²) >= 11 is 0. The van der Waals surface area contributed by atoms with Crippen molar-refractivity contribution in [2.75, 3.05) is 57.3 Å². The molecule has 0 radical (unpaired) electrons. The van der Waals surface area contributed by atoms with E-state index in [1.54, 1.807) is 9.80 Å². The number of aliphatic hydroxyl groups is 1. The number of ether oxygens (including phenoxy) is 1. The molecule has 3 aliphatic heterocycles. The average molecular weight is 521 g/mol. The number of hydrogen-bond donors (Lipinski definition) is 1. The van der Waals surface area contributed by atoms with E-state index in [0.29, 0.717) is 32.7 Å². The van der Waals surface area contributed by atoms with Crippen LogP contribution in [0.15, 0.2) is 42.5 Å². The van der Waals surface area contributed by atoms with Gasteiger partial charge in [0.1, 0.15) is 5.60 Å². The normalized spacial score (nSPS) is 19.2. The predicted octanol–water partition coefficient (Wildman–Crippen LogP) is 3.16. The first-order valence-corrected chi connectivity index (χ1v) is 13.8. The topological polar surface area (TPSA) is 76.6 Å². The second kappa shape index (κ2) is 10.9. The van der Waals surface area contributed by atoms with E-state index in [1.807, 2.05) is 32.9 Å². The molecular formula is C30H40N4O4. The molecule has 1 atom stereocenters. The van der Waals surface area contributed by atoms with Crippen LogP contribution in [0.5, 0.6) is 0 Å². The summed E-state index contributed by atoms with van der Waals surface area (Å²) in [5.74, 6) is -0.00409. The SMILES string of the molecule is CC(C)(C)OC(=O)N1CCN(c2ccc3c(c2)CCN(CC(O)CN2CCc4ccccc4C2)C3=O)CC1. The monoisotopic (exact) mass is 520 g/mol. The zero-order valence-corrected chi connectivity index (χ0v) is 22.9. The van der Waals surface area contributed by atoms with Crippen LogP contribution >= 0.6 is 0 Å². The molecule has 204 valence electrons. The van der Waals surface area contributed by atoms with Crippen LogP contribution < -0.4 is 4.90 Å². The van der Waals surface area contributed by atoms with E-state index in [2.05, 4.69) is 40.1 Å². The van der Waals surface area contributed by atoms with Gasteiger partial charge in [-0.2, -0.15) is 0 Å². The minimum absolute atomic E-state index is 0.00409. The van der Waals surface area contributed by atoms with Gasteiger partial charge in [-0.1, -0.05) is 24.3 Å². The largest absolute Gasteiger partial charge is 0.444 e. The Hall–Kier alpha value is -3.10. The minimum Gasteiger partial charge on any atom is -0.444 e. The lowest BCUT2D eigenvalue weighted by atomic mass is 9.97. The van der Waals surface area contributed by atoms with Crippen molar-refractivity contribution in [1.82, 2.24) is 14.7 Å². The molecule has 0 aliphatic carbocycles. The number of carbonyl (C=O) groups is 2. The molecule has 2 aromatic carbocycles. The van der Waals surface area contributed by atoms with Crippen molar-refractivity contribution < 1.29 is 19.4 Å². The molecule has 3 heterocycles. The van der Waals surface area contributed by atoms with Crippen molar-refractivity contribution in [2.24, 2.45) is 0 Å². The summed E-state index contributed by atoms with van der Waals surface area (Å²) < 4.78 is 5.50. The second-order valence-corrected chi connectivity index (χ2v) is 11.7. The van der Waals surface area contributed by atoms with Crippen LogP contribution in [0.2, 0.25) is 0 Å². The van der Waals surface area contributed by atoms with Gasteiger partial charge in [-0.15, -0.1) is 0 Å². The summed E-state index contributed by atoms with van der Waals surface area (Å²) in [6, 6.07) is 14.5. The highest BCUT2D eigenvalue weighted by Gasteiger charge is 2.29. The fourth-order valence-electron chi connectivity index (χ4n) is 5.69. The number of piperazine rings is 1. The van der Waals surface area contributed by atoms with Crippen molar-refractivity contribution in [3.63, 3.8) is 0 Å². The van der Waals surface area contributed by atoms with Crippen LogP contribution in [0.1, 0.15) is 47.8 Å². The van der Waals surface area contributed by atoms with E-state index >= 15 is 0 Å². The molecule has 0 bridgehead atoms. The Balaban J connectivity index is 1.14. The number of carbonyl (C=O) groups excluding carboxylic acids is 2. The number of nitrogens with zero attached hydrogens (tertiary/aromatic N) is 4. The molecule has 38 heavy (non-hydrogen) atoms. The van der Waals surface area contributed by atoms with Crippen molar-refractivity contribution >= 4 is 17.7 Å². The number of β-amino-alcohol motifs (C(OH)–C–C–N with tert-alkyl or cyclic N) is 1. The third-order valence-corrected chi connectivity index (χ3v) is 7.66. The van der Waals surface area contributed by atoms with E-state index in [0.717, 1.165) is 55.8 Å². The zero-order chi connectivity index (χ0) is 26.9. The maximum atomic E-state index is 13.3. The van der Waals surface area contributed by atoms with E-state index in [9.17, 15) is 14.7 Å². The van der Waals surface area contributed by atoms with Gasteiger partial charge in [-0.25, -0.2) is 4.79 Å². The van der Waals surface area contributed by atoms with Gasteiger partial charge in [0.05, 0.1) is 6.10 Å². The molecule has 8 heteroatoms. The average Bonchev–Trinajstić information content (AvgIpc) is 2.89. The third kappa shape index (κ3) is 6.13. The van der Waals surface area contributed by atoms with Crippen LogP contribution in [-0.2, 0) is 24.1 Å². The van der Waals surface area contributed by atoms with E-state index < -0.39 is 11.7 Å². The molecule has 0 saturated carbocycles. The molecular weight excluding hydrogens is 480 g/mol. The van der Waals surface area contributed by atoms with Gasteiger partial charge < -0.3 is 24.5 Å². The molecule has 3 aliphatic rings. The summed E-state index contributed by atoms with van der Waals surface area (Å²) in [5, 5.41) is 10.8. The van der Waals surface area contributed by atoms with E-state index in [4.69, 9.17) is 4.74 Å². The predicted molar refractivity (Wildman–Crippen MR) is 147 cm³/mol. The lowest BCUT2D eigenvalue weighted by Crippen LogP contribution is -2.50. The minimum atomic E-state index is -0.577. The van der Waals surface area contributed by atoms with Crippen LogP contribution in [0, 0.1) is 0 Å². The number of rotatable bonds is 5. The Kier molecular flexibility index (Phi) is 7.63. The molecule has 1 N–H and O–H groups in total. The molecule has 0 aromatic heterocycles. The number of aliphatic hydroxyl groups excluding tert-OH is 1. The van der Waals surface area contributed by atoms with Crippen molar-refractivity contribution in [2.45, 2.75) is 51.9 Å². The van der Waals surface area contributed by atoms with Crippen molar-refractivity contribution in [1.29, 1.82) is 0 Å². The third-order valence-electron chi connectivity index (χ3n) is 7.66. The van der Waals surface area contributed by atoms with Gasteiger partial charge in [0.15, 0.2) is 0 Å². The number of amides is 2. The highest BCUT2D eigenvalue weighted by atomic mass is 16.6. The Morgan fingerprint density at radius 3 is 2.37 bits per heavy atom. The summed E-state index contributed by atoms with van der Waals surface area (Å²) in [6.45, 7) is 11.6. The second-order valence-electron chi connectivity index (χ2n) is 11.7. The molecule has 0 spiro atoms. The van der Waals surface area contributed by atoms with Crippen LogP contribution in [0.25, 0.3) is 0 Å². The first kappa shape index (κ1) is 26.5. The molecule has 1 unspecified atom stereocenters. The molecule has 1 saturated heterocycles. The first-order chi connectivity index (χ1) is 18.2.